The highest BCUT2D eigenvalue weighted by atomic mass is 28.3. The molecule has 0 amide bonds. The molecule has 0 aliphatic rings. The Balaban J connectivity index is 2.51. The predicted octanol–water partition coefficient (Wildman–Crippen LogP) is 3.12. The van der Waals surface area contributed by atoms with Crippen molar-refractivity contribution in [3.63, 3.8) is 0 Å². The third kappa shape index (κ3) is 5.17. The van der Waals surface area contributed by atoms with E-state index in [-0.39, 0.29) is 5.91 Å². The van der Waals surface area contributed by atoms with E-state index in [9.17, 15) is 0 Å². The van der Waals surface area contributed by atoms with Crippen molar-refractivity contribution in [2.75, 3.05) is 13.2 Å². The van der Waals surface area contributed by atoms with E-state index in [1.54, 1.807) is 0 Å². The second kappa shape index (κ2) is 9.08. The summed E-state index contributed by atoms with van der Waals surface area (Å²) >= 11 is 0. The van der Waals surface area contributed by atoms with Gasteiger partial charge in [-0.2, -0.15) is 0 Å². The van der Waals surface area contributed by atoms with Gasteiger partial charge in [0, 0.05) is 13.2 Å². The van der Waals surface area contributed by atoms with Gasteiger partial charge >= 0.3 is 0 Å². The lowest BCUT2D eigenvalue weighted by molar-refractivity contribution is -0.0847. The van der Waals surface area contributed by atoms with Gasteiger partial charge in [0.15, 0.2) is 0 Å². The minimum Gasteiger partial charge on any atom is -0.357 e. The fourth-order valence-corrected chi connectivity index (χ4v) is 4.24. The first-order chi connectivity index (χ1) is 8.81. The van der Waals surface area contributed by atoms with Crippen LogP contribution in [0.2, 0.25) is 6.04 Å². The summed E-state index contributed by atoms with van der Waals surface area (Å²) in [5.41, 5.74) is 3.46. The number of ether oxygens (including phenoxy) is 2. The van der Waals surface area contributed by atoms with Gasteiger partial charge in [-0.15, -0.1) is 6.58 Å². The molecule has 18 heavy (non-hydrogen) atoms. The van der Waals surface area contributed by atoms with Gasteiger partial charge in [-0.05, 0) is 31.9 Å². The molecular weight excluding hydrogens is 240 g/mol. The van der Waals surface area contributed by atoms with E-state index in [0.717, 1.165) is 12.5 Å². The molecule has 0 aliphatic carbocycles. The van der Waals surface area contributed by atoms with Crippen molar-refractivity contribution in [1.82, 2.24) is 0 Å². The standard InChI is InChI=1S/C15H24O2Si/c1-4-16-15(17-5-2)18(6-3)13-12-14-10-8-7-9-11-14/h6-11,15,18H,3-5,12-13H2,1-2H3. The molecule has 1 aromatic carbocycles. The molecule has 0 saturated heterocycles. The monoisotopic (exact) mass is 264 g/mol. The van der Waals surface area contributed by atoms with Gasteiger partial charge in [0.1, 0.15) is 14.7 Å². The van der Waals surface area contributed by atoms with Crippen LogP contribution in [-0.2, 0) is 15.9 Å². The summed E-state index contributed by atoms with van der Waals surface area (Å²) in [5.74, 6) is -0.0267. The normalized spacial score (nSPS) is 12.6. The van der Waals surface area contributed by atoms with Crippen LogP contribution in [0.25, 0.3) is 0 Å². The van der Waals surface area contributed by atoms with Crippen LogP contribution in [0.3, 0.4) is 0 Å². The second-order valence-electron chi connectivity index (χ2n) is 4.20. The maximum Gasteiger partial charge on any atom is 0.142 e. The first-order valence-electron chi connectivity index (χ1n) is 6.71. The Hall–Kier alpha value is -0.903. The number of benzene rings is 1. The van der Waals surface area contributed by atoms with Gasteiger partial charge < -0.3 is 9.47 Å². The molecule has 1 rings (SSSR count). The lowest BCUT2D eigenvalue weighted by Gasteiger charge is -2.23. The molecule has 2 nitrogen and oxygen atoms in total. The Labute approximate surface area is 112 Å². The molecule has 3 heteroatoms. The van der Waals surface area contributed by atoms with Crippen molar-refractivity contribution in [2.45, 2.75) is 32.2 Å². The zero-order chi connectivity index (χ0) is 13.2. The van der Waals surface area contributed by atoms with Gasteiger partial charge in [-0.25, -0.2) is 0 Å². The van der Waals surface area contributed by atoms with Gasteiger partial charge in [0.05, 0.1) is 0 Å². The molecule has 0 radical (unpaired) electrons. The van der Waals surface area contributed by atoms with Crippen molar-refractivity contribution in [3.05, 3.63) is 48.2 Å². The Morgan fingerprint density at radius 3 is 2.28 bits per heavy atom. The number of rotatable bonds is 9. The van der Waals surface area contributed by atoms with E-state index < -0.39 is 8.80 Å². The lowest BCUT2D eigenvalue weighted by atomic mass is 10.2. The third-order valence-corrected chi connectivity index (χ3v) is 5.57. The van der Waals surface area contributed by atoms with E-state index in [0.29, 0.717) is 13.2 Å². The van der Waals surface area contributed by atoms with Crippen LogP contribution in [0, 0.1) is 0 Å². The molecule has 0 aliphatic heterocycles. The Morgan fingerprint density at radius 1 is 1.17 bits per heavy atom. The van der Waals surface area contributed by atoms with Gasteiger partial charge in [-0.3, -0.25) is 0 Å². The molecule has 1 aromatic rings. The molecule has 0 aromatic heterocycles. The van der Waals surface area contributed by atoms with E-state index in [2.05, 4.69) is 42.6 Å². The third-order valence-electron chi connectivity index (χ3n) is 2.92. The largest absolute Gasteiger partial charge is 0.357 e. The maximum atomic E-state index is 5.69. The molecular formula is C15H24O2Si. The summed E-state index contributed by atoms with van der Waals surface area (Å²) in [4.78, 5) is 0. The minimum absolute atomic E-state index is 0.0267. The Kier molecular flexibility index (Phi) is 7.65. The van der Waals surface area contributed by atoms with Crippen molar-refractivity contribution in [1.29, 1.82) is 0 Å². The number of aryl methyl sites for hydroxylation is 1. The fourth-order valence-electron chi connectivity index (χ4n) is 1.97. The van der Waals surface area contributed by atoms with Crippen molar-refractivity contribution >= 4 is 8.80 Å². The summed E-state index contributed by atoms with van der Waals surface area (Å²) in [6.45, 7) is 9.39. The first kappa shape index (κ1) is 15.2. The van der Waals surface area contributed by atoms with E-state index in [1.165, 1.54) is 5.56 Å². The molecule has 0 spiro atoms. The van der Waals surface area contributed by atoms with Gasteiger partial charge in [-0.1, -0.05) is 36.0 Å². The number of hydrogen-bond acceptors (Lipinski definition) is 2. The highest BCUT2D eigenvalue weighted by Crippen LogP contribution is 2.11. The molecule has 0 N–H and O–H groups in total. The maximum absolute atomic E-state index is 5.69. The highest BCUT2D eigenvalue weighted by Gasteiger charge is 2.20. The highest BCUT2D eigenvalue weighted by molar-refractivity contribution is 6.65. The van der Waals surface area contributed by atoms with Crippen molar-refractivity contribution in [2.24, 2.45) is 0 Å². The average molecular weight is 264 g/mol. The summed E-state index contributed by atoms with van der Waals surface area (Å²) in [5, 5.41) is 0. The quantitative estimate of drug-likeness (QED) is 0.504. The average Bonchev–Trinajstić information content (AvgIpc) is 2.41. The number of hydrogen-bond donors (Lipinski definition) is 0. The van der Waals surface area contributed by atoms with Crippen molar-refractivity contribution < 1.29 is 9.47 Å². The van der Waals surface area contributed by atoms with Crippen LogP contribution < -0.4 is 0 Å². The van der Waals surface area contributed by atoms with E-state index in [4.69, 9.17) is 9.47 Å². The first-order valence-corrected chi connectivity index (χ1v) is 8.86. The minimum atomic E-state index is -1.21. The molecule has 0 bridgehead atoms. The van der Waals surface area contributed by atoms with Crippen LogP contribution in [0.1, 0.15) is 19.4 Å². The van der Waals surface area contributed by atoms with Crippen LogP contribution in [-0.4, -0.2) is 27.9 Å². The zero-order valence-corrected chi connectivity index (χ0v) is 12.6. The molecule has 0 fully saturated rings. The molecule has 0 heterocycles. The van der Waals surface area contributed by atoms with Gasteiger partial charge in [0.2, 0.25) is 0 Å². The van der Waals surface area contributed by atoms with E-state index >= 15 is 0 Å². The van der Waals surface area contributed by atoms with Crippen LogP contribution in [0.15, 0.2) is 42.6 Å². The summed E-state index contributed by atoms with van der Waals surface area (Å²) in [6, 6.07) is 11.7. The Morgan fingerprint density at radius 2 is 1.78 bits per heavy atom. The lowest BCUT2D eigenvalue weighted by Crippen LogP contribution is -2.35. The molecule has 1 unspecified atom stereocenters. The SMILES string of the molecule is C=C[SiH](CCc1ccccc1)C(OCC)OCC. The van der Waals surface area contributed by atoms with Gasteiger partial charge in [0.25, 0.3) is 0 Å². The smallest absolute Gasteiger partial charge is 0.142 e. The Bertz CT molecular complexity index is 321. The topological polar surface area (TPSA) is 18.5 Å². The fraction of sp³-hybridized carbons (Fsp3) is 0.467. The zero-order valence-electron chi connectivity index (χ0n) is 11.5. The second-order valence-corrected chi connectivity index (χ2v) is 7.12. The van der Waals surface area contributed by atoms with Crippen LogP contribution in [0.5, 0.6) is 0 Å². The predicted molar refractivity (Wildman–Crippen MR) is 79.3 cm³/mol. The van der Waals surface area contributed by atoms with E-state index in [1.807, 2.05) is 13.8 Å². The molecule has 1 atom stereocenters. The summed E-state index contributed by atoms with van der Waals surface area (Å²) in [7, 11) is -1.21. The van der Waals surface area contributed by atoms with Crippen LogP contribution >= 0.6 is 0 Å². The summed E-state index contributed by atoms with van der Waals surface area (Å²) < 4.78 is 11.4. The molecule has 0 saturated carbocycles. The summed E-state index contributed by atoms with van der Waals surface area (Å²) in [6.07, 6.45) is 1.08. The molecule has 100 valence electrons. The van der Waals surface area contributed by atoms with Crippen LogP contribution in [0.4, 0.5) is 0 Å². The van der Waals surface area contributed by atoms with Crippen molar-refractivity contribution in [3.8, 4) is 0 Å².